The molecule has 0 spiro atoms. The normalized spacial score (nSPS) is 11.5. The van der Waals surface area contributed by atoms with Crippen molar-refractivity contribution in [1.29, 1.82) is 0 Å². The number of nitrogens with zero attached hydrogens (tertiary/aromatic N) is 4. The van der Waals surface area contributed by atoms with Crippen molar-refractivity contribution < 1.29 is 9.90 Å². The molecule has 0 radical (unpaired) electrons. The number of aliphatic hydroxyl groups excluding tert-OH is 1. The molecule has 3 aromatic rings. The van der Waals surface area contributed by atoms with E-state index in [0.717, 1.165) is 17.2 Å². The number of hydrogen-bond acceptors (Lipinski definition) is 7. The van der Waals surface area contributed by atoms with Gasteiger partial charge >= 0.3 is 0 Å². The Bertz CT molecular complexity index is 796. The number of tetrazole rings is 1. The zero-order chi connectivity index (χ0) is 15.4. The van der Waals surface area contributed by atoms with Crippen LogP contribution in [-0.2, 0) is 6.42 Å². The van der Waals surface area contributed by atoms with E-state index >= 15 is 0 Å². The Kier molecular flexibility index (Phi) is 4.01. The second kappa shape index (κ2) is 6.27. The minimum absolute atomic E-state index is 0.0146. The van der Waals surface area contributed by atoms with Gasteiger partial charge in [-0.1, -0.05) is 0 Å². The summed E-state index contributed by atoms with van der Waals surface area (Å²) in [7, 11) is 0. The first-order chi connectivity index (χ1) is 10.7. The van der Waals surface area contributed by atoms with Gasteiger partial charge in [0.2, 0.25) is 5.82 Å². The van der Waals surface area contributed by atoms with Crippen LogP contribution in [0.15, 0.2) is 41.4 Å². The molecule has 3 rings (SSSR count). The maximum Gasteiger partial charge on any atom is 0.239 e. The molecule has 0 saturated carbocycles. The fourth-order valence-corrected chi connectivity index (χ4v) is 2.78. The number of aromatic nitrogens is 5. The number of H-pyrrole nitrogens is 1. The van der Waals surface area contributed by atoms with Gasteiger partial charge < -0.3 is 5.11 Å². The van der Waals surface area contributed by atoms with Crippen molar-refractivity contribution in [3.63, 3.8) is 0 Å². The highest BCUT2D eigenvalue weighted by atomic mass is 32.1. The van der Waals surface area contributed by atoms with E-state index in [9.17, 15) is 9.90 Å². The van der Waals surface area contributed by atoms with E-state index in [1.54, 1.807) is 17.8 Å². The summed E-state index contributed by atoms with van der Waals surface area (Å²) < 4.78 is 0. The Hall–Kier alpha value is -2.87. The molecule has 0 aliphatic rings. The topological polar surface area (TPSA) is 105 Å². The van der Waals surface area contributed by atoms with Crippen LogP contribution in [0.3, 0.4) is 0 Å². The van der Waals surface area contributed by atoms with Crippen molar-refractivity contribution in [3.8, 4) is 0 Å². The highest BCUT2D eigenvalue weighted by Gasteiger charge is 2.14. The number of allylic oxidation sites excluding steroid dienone is 1. The van der Waals surface area contributed by atoms with Crippen LogP contribution in [0.4, 0.5) is 0 Å². The van der Waals surface area contributed by atoms with Crippen molar-refractivity contribution in [2.45, 2.75) is 6.42 Å². The van der Waals surface area contributed by atoms with E-state index in [-0.39, 0.29) is 17.4 Å². The van der Waals surface area contributed by atoms with E-state index in [0.29, 0.717) is 12.0 Å². The average molecular weight is 313 g/mol. The van der Waals surface area contributed by atoms with Crippen LogP contribution >= 0.6 is 11.3 Å². The van der Waals surface area contributed by atoms with Gasteiger partial charge in [-0.3, -0.25) is 9.78 Å². The molecular formula is C14H11N5O2S. The number of ketones is 1. The highest BCUT2D eigenvalue weighted by Crippen LogP contribution is 2.20. The Morgan fingerprint density at radius 3 is 2.86 bits per heavy atom. The maximum absolute atomic E-state index is 12.3. The summed E-state index contributed by atoms with van der Waals surface area (Å²) in [6.07, 6.45) is 5.16. The molecule has 3 aromatic heterocycles. The van der Waals surface area contributed by atoms with Gasteiger partial charge in [-0.2, -0.15) is 16.6 Å². The smallest absolute Gasteiger partial charge is 0.239 e. The summed E-state index contributed by atoms with van der Waals surface area (Å²) in [6, 6.07) is 3.80. The van der Waals surface area contributed by atoms with Crippen LogP contribution in [0.1, 0.15) is 27.3 Å². The third-order valence-electron chi connectivity index (χ3n) is 2.99. The first-order valence-electron chi connectivity index (χ1n) is 6.37. The van der Waals surface area contributed by atoms with Gasteiger partial charge in [0.15, 0.2) is 11.5 Å². The number of aromatic amines is 1. The summed E-state index contributed by atoms with van der Waals surface area (Å²) in [5.74, 6) is -0.633. The molecule has 0 aliphatic heterocycles. The molecule has 2 N–H and O–H groups in total. The summed E-state index contributed by atoms with van der Waals surface area (Å²) in [4.78, 5) is 16.3. The number of nitrogens with one attached hydrogen (secondary N) is 1. The second-order valence-corrected chi connectivity index (χ2v) is 5.22. The first-order valence-corrected chi connectivity index (χ1v) is 7.31. The fourth-order valence-electron chi connectivity index (χ4n) is 1.93. The molecule has 0 aliphatic carbocycles. The zero-order valence-electron chi connectivity index (χ0n) is 11.3. The molecule has 0 saturated heterocycles. The summed E-state index contributed by atoms with van der Waals surface area (Å²) in [6.45, 7) is 0. The van der Waals surface area contributed by atoms with E-state index < -0.39 is 0 Å². The van der Waals surface area contributed by atoms with E-state index in [4.69, 9.17) is 0 Å². The monoisotopic (exact) mass is 313 g/mol. The molecule has 0 amide bonds. The molecule has 22 heavy (non-hydrogen) atoms. The lowest BCUT2D eigenvalue weighted by molar-refractivity contribution is 0.104. The molecule has 0 bridgehead atoms. The molecule has 7 nitrogen and oxygen atoms in total. The third-order valence-corrected chi connectivity index (χ3v) is 3.79. The van der Waals surface area contributed by atoms with E-state index in [2.05, 4.69) is 25.6 Å². The van der Waals surface area contributed by atoms with Gasteiger partial charge in [-0.05, 0) is 40.3 Å². The summed E-state index contributed by atoms with van der Waals surface area (Å²) >= 11 is 1.44. The van der Waals surface area contributed by atoms with Crippen LogP contribution in [0.5, 0.6) is 0 Å². The van der Waals surface area contributed by atoms with Gasteiger partial charge in [-0.25, -0.2) is 0 Å². The van der Waals surface area contributed by atoms with Gasteiger partial charge in [0, 0.05) is 29.4 Å². The average Bonchev–Trinajstić information content (AvgIpc) is 3.19. The van der Waals surface area contributed by atoms with Crippen molar-refractivity contribution in [2.24, 2.45) is 0 Å². The first kappa shape index (κ1) is 14.1. The highest BCUT2D eigenvalue weighted by molar-refractivity contribution is 7.08. The van der Waals surface area contributed by atoms with Crippen LogP contribution in [0, 0.1) is 0 Å². The molecule has 8 heteroatoms. The molecule has 0 atom stereocenters. The standard InChI is InChI=1S/C14H11N5O2S/c20-12(6-13(21)14-16-18-19-17-14)11-8-22-7-10(11)5-9-1-3-15-4-2-9/h1-4,6-8,21H,5H2,(H,16,17,18,19). The van der Waals surface area contributed by atoms with Crippen LogP contribution in [-0.4, -0.2) is 36.5 Å². The van der Waals surface area contributed by atoms with Crippen molar-refractivity contribution >= 4 is 22.9 Å². The lowest BCUT2D eigenvalue weighted by Crippen LogP contribution is -2.00. The Morgan fingerprint density at radius 2 is 2.14 bits per heavy atom. The number of carbonyl (C=O) groups excluding carboxylic acids is 1. The minimum atomic E-state index is -0.320. The maximum atomic E-state index is 12.3. The SMILES string of the molecule is O=C(C=C(O)c1nn[nH]n1)c1cscc1Cc1ccncc1. The summed E-state index contributed by atoms with van der Waals surface area (Å²) in [5, 5.41) is 26.3. The lowest BCUT2D eigenvalue weighted by atomic mass is 10.0. The number of rotatable bonds is 5. The summed E-state index contributed by atoms with van der Waals surface area (Å²) in [5.41, 5.74) is 2.52. The molecule has 0 fully saturated rings. The number of thiophene rings is 1. The molecule has 0 aromatic carbocycles. The van der Waals surface area contributed by atoms with Gasteiger partial charge in [-0.15, -0.1) is 10.2 Å². The van der Waals surface area contributed by atoms with E-state index in [1.165, 1.54) is 11.3 Å². The van der Waals surface area contributed by atoms with Gasteiger partial charge in [0.25, 0.3) is 0 Å². The van der Waals surface area contributed by atoms with Crippen LogP contribution < -0.4 is 0 Å². The Labute approximate surface area is 129 Å². The number of pyridine rings is 1. The minimum Gasteiger partial charge on any atom is -0.504 e. The van der Waals surface area contributed by atoms with Crippen LogP contribution in [0.25, 0.3) is 5.76 Å². The predicted octanol–water partition coefficient (Wildman–Crippen LogP) is 2.03. The number of carbonyl (C=O) groups is 1. The van der Waals surface area contributed by atoms with Gasteiger partial charge in [0.05, 0.1) is 0 Å². The van der Waals surface area contributed by atoms with Crippen LogP contribution in [0.2, 0.25) is 0 Å². The Morgan fingerprint density at radius 1 is 1.32 bits per heavy atom. The largest absolute Gasteiger partial charge is 0.504 e. The molecule has 110 valence electrons. The lowest BCUT2D eigenvalue weighted by Gasteiger charge is -2.02. The van der Waals surface area contributed by atoms with Crippen molar-refractivity contribution in [3.05, 3.63) is 63.9 Å². The molecular weight excluding hydrogens is 302 g/mol. The second-order valence-electron chi connectivity index (χ2n) is 4.47. The molecule has 3 heterocycles. The van der Waals surface area contributed by atoms with Crippen molar-refractivity contribution in [1.82, 2.24) is 25.6 Å². The van der Waals surface area contributed by atoms with E-state index in [1.807, 2.05) is 17.5 Å². The predicted molar refractivity (Wildman–Crippen MR) is 80.5 cm³/mol. The molecule has 0 unspecified atom stereocenters. The van der Waals surface area contributed by atoms with Crippen molar-refractivity contribution in [2.75, 3.05) is 0 Å². The zero-order valence-corrected chi connectivity index (χ0v) is 12.1. The van der Waals surface area contributed by atoms with Gasteiger partial charge in [0.1, 0.15) is 0 Å². The fraction of sp³-hybridized carbons (Fsp3) is 0.0714. The Balaban J connectivity index is 1.82. The third kappa shape index (κ3) is 3.07. The number of aliphatic hydroxyl groups is 1. The number of hydrogen-bond donors (Lipinski definition) is 2. The quantitative estimate of drug-likeness (QED) is 0.424.